The molecule has 0 atom stereocenters. The third kappa shape index (κ3) is 3.62. The van der Waals surface area contributed by atoms with Crippen LogP contribution in [-0.2, 0) is 10.1 Å². The molecule has 3 aromatic rings. The van der Waals surface area contributed by atoms with Crippen LogP contribution in [-0.4, -0.2) is 13.0 Å². The van der Waals surface area contributed by atoms with E-state index in [9.17, 15) is 13.0 Å². The van der Waals surface area contributed by atoms with Gasteiger partial charge in [-0.3, -0.25) is 4.55 Å². The average molecular weight is 431 g/mol. The summed E-state index contributed by atoms with van der Waals surface area (Å²) in [6, 6.07) is 10.5. The number of nitrogen functional groups attached to an aromatic ring is 1. The van der Waals surface area contributed by atoms with Gasteiger partial charge in [0.05, 0.1) is 15.7 Å². The first-order valence-electron chi connectivity index (χ1n) is 7.03. The number of halogens is 3. The lowest BCUT2D eigenvalue weighted by Gasteiger charge is -2.09. The fourth-order valence-corrected chi connectivity index (χ4v) is 3.99. The van der Waals surface area contributed by atoms with E-state index in [1.54, 1.807) is 18.2 Å². The highest BCUT2D eigenvalue weighted by Gasteiger charge is 2.18. The lowest BCUT2D eigenvalue weighted by Crippen LogP contribution is -2.01. The second-order valence-corrected chi connectivity index (χ2v) is 7.89. The molecule has 0 spiro atoms. The van der Waals surface area contributed by atoms with Crippen LogP contribution in [0, 0.1) is 0 Å². The molecular formula is C16H10Cl3N3O3S. The molecule has 0 radical (unpaired) electrons. The van der Waals surface area contributed by atoms with Gasteiger partial charge in [-0.2, -0.15) is 8.42 Å². The van der Waals surface area contributed by atoms with E-state index in [4.69, 9.17) is 40.5 Å². The second kappa shape index (κ2) is 7.02. The zero-order chi connectivity index (χ0) is 19.1. The topological polar surface area (TPSA) is 105 Å². The molecule has 3 N–H and O–H groups in total. The van der Waals surface area contributed by atoms with Crippen molar-refractivity contribution in [2.45, 2.75) is 4.90 Å². The van der Waals surface area contributed by atoms with Gasteiger partial charge >= 0.3 is 0 Å². The number of hydrogen-bond acceptors (Lipinski definition) is 5. The summed E-state index contributed by atoms with van der Waals surface area (Å²) in [6.07, 6.45) is 0. The van der Waals surface area contributed by atoms with Crippen molar-refractivity contribution in [3.05, 3.63) is 57.5 Å². The molecular weight excluding hydrogens is 421 g/mol. The Labute approximate surface area is 163 Å². The first-order valence-corrected chi connectivity index (χ1v) is 9.61. The van der Waals surface area contributed by atoms with Gasteiger partial charge in [-0.05, 0) is 18.2 Å². The molecule has 0 fully saturated rings. The number of fused-ring (bicyclic) bond motifs is 1. The quantitative estimate of drug-likeness (QED) is 0.300. The summed E-state index contributed by atoms with van der Waals surface area (Å²) >= 11 is 17.9. The van der Waals surface area contributed by atoms with Crippen LogP contribution < -0.4 is 5.73 Å². The number of rotatable bonds is 3. The van der Waals surface area contributed by atoms with Crippen LogP contribution in [0.5, 0.6) is 0 Å². The molecule has 3 aromatic carbocycles. The molecule has 0 aromatic heterocycles. The smallest absolute Gasteiger partial charge is 0.295 e. The molecule has 6 nitrogen and oxygen atoms in total. The van der Waals surface area contributed by atoms with Gasteiger partial charge in [-0.1, -0.05) is 59.1 Å². The van der Waals surface area contributed by atoms with Crippen LogP contribution in [0.15, 0.2) is 57.6 Å². The maximum Gasteiger partial charge on any atom is 0.295 e. The zero-order valence-electron chi connectivity index (χ0n) is 12.8. The van der Waals surface area contributed by atoms with Crippen molar-refractivity contribution in [2.24, 2.45) is 10.2 Å². The average Bonchev–Trinajstić information content (AvgIpc) is 2.54. The van der Waals surface area contributed by atoms with E-state index in [1.807, 2.05) is 0 Å². The molecule has 3 rings (SSSR count). The molecule has 0 saturated heterocycles. The summed E-state index contributed by atoms with van der Waals surface area (Å²) in [5, 5.41) is 9.26. The van der Waals surface area contributed by atoms with Gasteiger partial charge < -0.3 is 5.73 Å². The van der Waals surface area contributed by atoms with E-state index in [1.165, 1.54) is 18.2 Å². The third-order valence-electron chi connectivity index (χ3n) is 3.54. The first-order chi connectivity index (χ1) is 12.2. The van der Waals surface area contributed by atoms with Crippen molar-refractivity contribution >= 4 is 72.8 Å². The molecule has 0 unspecified atom stereocenters. The summed E-state index contributed by atoms with van der Waals surface area (Å²) in [5.41, 5.74) is 6.46. The Kier molecular flexibility index (Phi) is 5.09. The SMILES string of the molecule is Nc1c(/N=N/c2c(Cl)cc(Cl)cc2Cl)cc(S(=O)(=O)O)c2ccccc12. The van der Waals surface area contributed by atoms with Crippen LogP contribution in [0.2, 0.25) is 15.1 Å². The maximum atomic E-state index is 11.7. The Bertz CT molecular complexity index is 1140. The lowest BCUT2D eigenvalue weighted by molar-refractivity contribution is 0.484. The Morgan fingerprint density at radius 3 is 2.08 bits per heavy atom. The van der Waals surface area contributed by atoms with Crippen molar-refractivity contribution in [2.75, 3.05) is 5.73 Å². The van der Waals surface area contributed by atoms with Gasteiger partial charge in [0.15, 0.2) is 0 Å². The Morgan fingerprint density at radius 2 is 1.50 bits per heavy atom. The molecule has 0 amide bonds. The Morgan fingerprint density at radius 1 is 0.923 bits per heavy atom. The Balaban J connectivity index is 2.22. The van der Waals surface area contributed by atoms with Gasteiger partial charge in [0.25, 0.3) is 10.1 Å². The number of nitrogens with two attached hydrogens (primary N) is 1. The highest BCUT2D eigenvalue weighted by atomic mass is 35.5. The van der Waals surface area contributed by atoms with Crippen molar-refractivity contribution in [1.82, 2.24) is 0 Å². The van der Waals surface area contributed by atoms with E-state index in [-0.39, 0.29) is 37.4 Å². The van der Waals surface area contributed by atoms with Crippen molar-refractivity contribution in [1.29, 1.82) is 0 Å². The van der Waals surface area contributed by atoms with E-state index < -0.39 is 10.1 Å². The van der Waals surface area contributed by atoms with Crippen LogP contribution in [0.25, 0.3) is 10.8 Å². The minimum Gasteiger partial charge on any atom is -0.396 e. The number of azo groups is 1. The largest absolute Gasteiger partial charge is 0.396 e. The highest BCUT2D eigenvalue weighted by Crippen LogP contribution is 2.40. The third-order valence-corrected chi connectivity index (χ3v) is 5.23. The lowest BCUT2D eigenvalue weighted by atomic mass is 10.1. The minimum atomic E-state index is -4.50. The summed E-state index contributed by atoms with van der Waals surface area (Å²) in [7, 11) is -4.50. The second-order valence-electron chi connectivity index (χ2n) is 5.25. The van der Waals surface area contributed by atoms with Gasteiger partial charge in [-0.25, -0.2) is 0 Å². The molecule has 0 aliphatic rings. The van der Waals surface area contributed by atoms with Crippen LogP contribution in [0.4, 0.5) is 17.1 Å². The standard InChI is InChI=1S/C16H10Cl3N3O3S/c17-8-5-11(18)16(12(19)6-8)22-21-13-7-14(26(23,24)25)9-3-1-2-4-10(9)15(13)20/h1-7H,20H2,(H,23,24,25)/b22-21+. The van der Waals surface area contributed by atoms with Crippen LogP contribution >= 0.6 is 34.8 Å². The maximum absolute atomic E-state index is 11.7. The van der Waals surface area contributed by atoms with Crippen LogP contribution in [0.3, 0.4) is 0 Å². The van der Waals surface area contributed by atoms with E-state index >= 15 is 0 Å². The Hall–Kier alpha value is -1.90. The molecule has 134 valence electrons. The number of nitrogens with zero attached hydrogens (tertiary/aromatic N) is 2. The molecule has 0 aliphatic carbocycles. The first kappa shape index (κ1) is 18.9. The van der Waals surface area contributed by atoms with E-state index in [0.717, 1.165) is 6.07 Å². The monoisotopic (exact) mass is 429 g/mol. The summed E-state index contributed by atoms with van der Waals surface area (Å²) in [6.45, 7) is 0. The predicted octanol–water partition coefficient (Wildman–Crippen LogP) is 6.04. The molecule has 0 heterocycles. The molecule has 10 heteroatoms. The van der Waals surface area contributed by atoms with Crippen molar-refractivity contribution in [3.8, 4) is 0 Å². The minimum absolute atomic E-state index is 0.0402. The predicted molar refractivity (Wildman–Crippen MR) is 104 cm³/mol. The van der Waals surface area contributed by atoms with E-state index in [2.05, 4.69) is 10.2 Å². The molecule has 0 saturated carbocycles. The van der Waals surface area contributed by atoms with Gasteiger partial charge in [-0.15, -0.1) is 10.2 Å². The van der Waals surface area contributed by atoms with E-state index in [0.29, 0.717) is 10.4 Å². The normalized spacial score (nSPS) is 12.2. The number of benzene rings is 3. The fraction of sp³-hybridized carbons (Fsp3) is 0. The summed E-state index contributed by atoms with van der Waals surface area (Å²) in [4.78, 5) is -0.329. The molecule has 0 aliphatic heterocycles. The van der Waals surface area contributed by atoms with Crippen molar-refractivity contribution < 1.29 is 13.0 Å². The summed E-state index contributed by atoms with van der Waals surface area (Å²) in [5.74, 6) is 0. The van der Waals surface area contributed by atoms with Gasteiger partial charge in [0, 0.05) is 15.8 Å². The zero-order valence-corrected chi connectivity index (χ0v) is 15.9. The fourth-order valence-electron chi connectivity index (χ4n) is 2.38. The molecule has 0 bridgehead atoms. The van der Waals surface area contributed by atoms with Crippen molar-refractivity contribution in [3.63, 3.8) is 0 Å². The highest BCUT2D eigenvalue weighted by molar-refractivity contribution is 7.86. The van der Waals surface area contributed by atoms with Gasteiger partial charge in [0.2, 0.25) is 0 Å². The van der Waals surface area contributed by atoms with Gasteiger partial charge in [0.1, 0.15) is 16.3 Å². The number of anilines is 1. The summed E-state index contributed by atoms with van der Waals surface area (Å²) < 4.78 is 32.9. The molecule has 26 heavy (non-hydrogen) atoms. The number of hydrogen-bond donors (Lipinski definition) is 2. The van der Waals surface area contributed by atoms with Crippen LogP contribution in [0.1, 0.15) is 0 Å².